The van der Waals surface area contributed by atoms with Gasteiger partial charge in [0.05, 0.1) is 6.21 Å². The van der Waals surface area contributed by atoms with Gasteiger partial charge in [0.1, 0.15) is 0 Å². The lowest BCUT2D eigenvalue weighted by Gasteiger charge is -2.23. The van der Waals surface area contributed by atoms with Crippen molar-refractivity contribution < 1.29 is 0 Å². The first-order valence-corrected chi connectivity index (χ1v) is 6.18. The Balaban J connectivity index is 2.02. The molecule has 0 amide bonds. The normalized spacial score (nSPS) is 17.0. The van der Waals surface area contributed by atoms with Crippen molar-refractivity contribution in [2.24, 2.45) is 5.10 Å². The number of aryl methyl sites for hydroxylation is 1. The zero-order chi connectivity index (χ0) is 11.4. The van der Waals surface area contributed by atoms with Gasteiger partial charge in [-0.05, 0) is 43.4 Å². The molecule has 1 aromatic carbocycles. The van der Waals surface area contributed by atoms with Gasteiger partial charge in [-0.3, -0.25) is 5.01 Å². The number of benzene rings is 1. The van der Waals surface area contributed by atoms with E-state index in [1.54, 1.807) is 0 Å². The Morgan fingerprint density at radius 1 is 1.25 bits per heavy atom. The van der Waals surface area contributed by atoms with Crippen LogP contribution in [-0.4, -0.2) is 24.3 Å². The fourth-order valence-corrected chi connectivity index (χ4v) is 2.02. The minimum atomic E-state index is 0.808. The predicted molar refractivity (Wildman–Crippen MR) is 69.2 cm³/mol. The summed E-state index contributed by atoms with van der Waals surface area (Å²) in [6.45, 7) is 4.17. The number of hydrogen-bond donors (Lipinski definition) is 0. The largest absolute Gasteiger partial charge is 0.297 e. The maximum absolute atomic E-state index is 6.06. The van der Waals surface area contributed by atoms with E-state index >= 15 is 0 Å². The molecular formula is C13H17ClN2. The zero-order valence-electron chi connectivity index (χ0n) is 9.62. The SMILES string of the molecule is Cc1ccc(/C=N/N2CCCCC2)cc1Cl. The molecule has 0 aliphatic carbocycles. The van der Waals surface area contributed by atoms with Crippen molar-refractivity contribution >= 4 is 17.8 Å². The van der Waals surface area contributed by atoms with E-state index in [9.17, 15) is 0 Å². The molecule has 0 spiro atoms. The van der Waals surface area contributed by atoms with Gasteiger partial charge >= 0.3 is 0 Å². The maximum atomic E-state index is 6.06. The molecule has 0 radical (unpaired) electrons. The van der Waals surface area contributed by atoms with E-state index in [0.717, 1.165) is 29.2 Å². The molecule has 1 heterocycles. The van der Waals surface area contributed by atoms with Gasteiger partial charge in [0.25, 0.3) is 0 Å². The van der Waals surface area contributed by atoms with Crippen LogP contribution in [0.2, 0.25) is 5.02 Å². The van der Waals surface area contributed by atoms with Crippen LogP contribution in [0.4, 0.5) is 0 Å². The highest BCUT2D eigenvalue weighted by Gasteiger charge is 2.06. The Labute approximate surface area is 102 Å². The summed E-state index contributed by atoms with van der Waals surface area (Å²) in [5.41, 5.74) is 2.18. The molecule has 3 heteroatoms. The summed E-state index contributed by atoms with van der Waals surface area (Å²) in [6, 6.07) is 6.04. The molecule has 0 unspecified atom stereocenters. The minimum absolute atomic E-state index is 0.808. The fourth-order valence-electron chi connectivity index (χ4n) is 1.83. The van der Waals surface area contributed by atoms with Crippen molar-refractivity contribution in [1.29, 1.82) is 0 Å². The molecular weight excluding hydrogens is 220 g/mol. The lowest BCUT2D eigenvalue weighted by atomic mass is 10.1. The van der Waals surface area contributed by atoms with E-state index in [2.05, 4.69) is 16.2 Å². The topological polar surface area (TPSA) is 15.6 Å². The summed E-state index contributed by atoms with van der Waals surface area (Å²) < 4.78 is 0. The Bertz CT molecular complexity index is 382. The number of halogens is 1. The highest BCUT2D eigenvalue weighted by atomic mass is 35.5. The molecule has 2 rings (SSSR count). The first kappa shape index (κ1) is 11.5. The van der Waals surface area contributed by atoms with Gasteiger partial charge < -0.3 is 0 Å². The van der Waals surface area contributed by atoms with Gasteiger partial charge in [-0.25, -0.2) is 0 Å². The second kappa shape index (κ2) is 5.35. The standard InChI is InChI=1S/C13H17ClN2/c1-11-5-6-12(9-13(11)14)10-15-16-7-3-2-4-8-16/h5-6,9-10H,2-4,7-8H2,1H3/b15-10+. The third kappa shape index (κ3) is 2.99. The van der Waals surface area contributed by atoms with Gasteiger partial charge in [-0.2, -0.15) is 5.10 Å². The van der Waals surface area contributed by atoms with E-state index in [4.69, 9.17) is 11.6 Å². The molecule has 16 heavy (non-hydrogen) atoms. The molecule has 2 nitrogen and oxygen atoms in total. The van der Waals surface area contributed by atoms with Crippen LogP contribution in [0.15, 0.2) is 23.3 Å². The van der Waals surface area contributed by atoms with Crippen LogP contribution >= 0.6 is 11.6 Å². The molecule has 1 aromatic rings. The molecule has 1 saturated heterocycles. The summed E-state index contributed by atoms with van der Waals surface area (Å²) in [6.07, 6.45) is 5.75. The lowest BCUT2D eigenvalue weighted by molar-refractivity contribution is 0.240. The van der Waals surface area contributed by atoms with Gasteiger partial charge in [-0.15, -0.1) is 0 Å². The van der Waals surface area contributed by atoms with Crippen molar-refractivity contribution in [2.45, 2.75) is 26.2 Å². The maximum Gasteiger partial charge on any atom is 0.0543 e. The first-order chi connectivity index (χ1) is 7.75. The van der Waals surface area contributed by atoms with Crippen molar-refractivity contribution in [3.63, 3.8) is 0 Å². The van der Waals surface area contributed by atoms with Crippen LogP contribution in [0.5, 0.6) is 0 Å². The second-order valence-corrected chi connectivity index (χ2v) is 4.67. The smallest absolute Gasteiger partial charge is 0.0543 e. The van der Waals surface area contributed by atoms with Crippen molar-refractivity contribution in [1.82, 2.24) is 5.01 Å². The average molecular weight is 237 g/mol. The van der Waals surface area contributed by atoms with Gasteiger partial charge in [-0.1, -0.05) is 23.7 Å². The molecule has 1 aliphatic rings. The molecule has 0 bridgehead atoms. The van der Waals surface area contributed by atoms with Crippen LogP contribution in [0, 0.1) is 6.92 Å². The third-order valence-corrected chi connectivity index (χ3v) is 3.31. The molecule has 0 N–H and O–H groups in total. The Hall–Kier alpha value is -1.02. The quantitative estimate of drug-likeness (QED) is 0.718. The van der Waals surface area contributed by atoms with Gasteiger partial charge in [0.2, 0.25) is 0 Å². The Morgan fingerprint density at radius 2 is 2.00 bits per heavy atom. The van der Waals surface area contributed by atoms with Crippen LogP contribution in [-0.2, 0) is 0 Å². The van der Waals surface area contributed by atoms with Gasteiger partial charge in [0, 0.05) is 18.1 Å². The van der Waals surface area contributed by atoms with Crippen LogP contribution in [0.3, 0.4) is 0 Å². The van der Waals surface area contributed by atoms with Gasteiger partial charge in [0.15, 0.2) is 0 Å². The van der Waals surface area contributed by atoms with E-state index in [-0.39, 0.29) is 0 Å². The minimum Gasteiger partial charge on any atom is -0.297 e. The number of rotatable bonds is 2. The number of hydrogen-bond acceptors (Lipinski definition) is 2. The van der Waals surface area contributed by atoms with E-state index < -0.39 is 0 Å². The third-order valence-electron chi connectivity index (χ3n) is 2.90. The number of piperidine rings is 1. The summed E-state index contributed by atoms with van der Waals surface area (Å²) in [4.78, 5) is 0. The molecule has 1 fully saturated rings. The summed E-state index contributed by atoms with van der Waals surface area (Å²) in [5, 5.41) is 7.42. The summed E-state index contributed by atoms with van der Waals surface area (Å²) in [5.74, 6) is 0. The highest BCUT2D eigenvalue weighted by molar-refractivity contribution is 6.31. The van der Waals surface area contributed by atoms with Crippen molar-refractivity contribution in [3.8, 4) is 0 Å². The molecule has 1 aliphatic heterocycles. The Morgan fingerprint density at radius 3 is 2.69 bits per heavy atom. The van der Waals surface area contributed by atoms with Crippen molar-refractivity contribution in [3.05, 3.63) is 34.3 Å². The number of hydrazone groups is 1. The monoisotopic (exact) mass is 236 g/mol. The second-order valence-electron chi connectivity index (χ2n) is 4.27. The molecule has 0 aromatic heterocycles. The highest BCUT2D eigenvalue weighted by Crippen LogP contribution is 2.16. The van der Waals surface area contributed by atoms with E-state index in [1.807, 2.05) is 25.3 Å². The van der Waals surface area contributed by atoms with Crippen LogP contribution < -0.4 is 0 Å². The lowest BCUT2D eigenvalue weighted by Crippen LogP contribution is -2.24. The summed E-state index contributed by atoms with van der Waals surface area (Å²) >= 11 is 6.06. The average Bonchev–Trinajstić information content (AvgIpc) is 2.32. The summed E-state index contributed by atoms with van der Waals surface area (Å²) in [7, 11) is 0. The molecule has 86 valence electrons. The molecule has 0 atom stereocenters. The predicted octanol–water partition coefficient (Wildman–Crippen LogP) is 3.47. The van der Waals surface area contributed by atoms with Crippen molar-refractivity contribution in [2.75, 3.05) is 13.1 Å². The fraction of sp³-hybridized carbons (Fsp3) is 0.462. The van der Waals surface area contributed by atoms with E-state index in [0.29, 0.717) is 0 Å². The first-order valence-electron chi connectivity index (χ1n) is 5.81. The Kier molecular flexibility index (Phi) is 3.83. The van der Waals surface area contributed by atoms with E-state index in [1.165, 1.54) is 19.3 Å². The van der Waals surface area contributed by atoms with Crippen LogP contribution in [0.1, 0.15) is 30.4 Å². The van der Waals surface area contributed by atoms with Crippen LogP contribution in [0.25, 0.3) is 0 Å². The zero-order valence-corrected chi connectivity index (χ0v) is 10.4. The number of nitrogens with zero attached hydrogens (tertiary/aromatic N) is 2. The molecule has 0 saturated carbocycles.